The molecule has 0 saturated heterocycles. The van der Waals surface area contributed by atoms with Gasteiger partial charge in [0, 0.05) is 6.54 Å². The number of benzene rings is 1. The Hall–Kier alpha value is -1.26. The van der Waals surface area contributed by atoms with E-state index in [1.807, 2.05) is 0 Å². The van der Waals surface area contributed by atoms with E-state index in [2.05, 4.69) is 59.3 Å². The lowest BCUT2D eigenvalue weighted by atomic mass is 10.2. The van der Waals surface area contributed by atoms with Gasteiger partial charge in [-0.15, -0.1) is 21.5 Å². The van der Waals surface area contributed by atoms with Crippen LogP contribution < -0.4 is 0 Å². The van der Waals surface area contributed by atoms with Gasteiger partial charge in [0.1, 0.15) is 10.0 Å². The number of nitrogens with zero attached hydrogens (tertiary/aromatic N) is 3. The van der Waals surface area contributed by atoms with E-state index in [1.165, 1.54) is 5.56 Å². The van der Waals surface area contributed by atoms with E-state index in [4.69, 9.17) is 0 Å². The molecule has 0 radical (unpaired) electrons. The predicted octanol–water partition coefficient (Wildman–Crippen LogP) is 3.12. The molecule has 0 aliphatic rings. The first-order valence-corrected chi connectivity index (χ1v) is 7.21. The second-order valence-electron chi connectivity index (χ2n) is 4.23. The van der Waals surface area contributed by atoms with Crippen LogP contribution in [0.1, 0.15) is 29.4 Å². The molecule has 3 nitrogen and oxygen atoms in total. The van der Waals surface area contributed by atoms with Gasteiger partial charge < -0.3 is 0 Å². The van der Waals surface area contributed by atoms with Crippen LogP contribution in [0.5, 0.6) is 0 Å². The summed E-state index contributed by atoms with van der Waals surface area (Å²) >= 11 is 1.72. The van der Waals surface area contributed by atoms with Crippen molar-refractivity contribution in [3.63, 3.8) is 0 Å². The molecule has 0 amide bonds. The molecule has 0 saturated carbocycles. The molecule has 1 aromatic carbocycles. The number of hydrogen-bond donors (Lipinski definition) is 0. The molecule has 0 aliphatic carbocycles. The Labute approximate surface area is 112 Å². The third kappa shape index (κ3) is 3.62. The van der Waals surface area contributed by atoms with Crippen LogP contribution in [0.4, 0.5) is 0 Å². The first-order chi connectivity index (χ1) is 8.81. The molecule has 0 atom stereocenters. The van der Waals surface area contributed by atoms with Crippen LogP contribution in [0.3, 0.4) is 0 Å². The van der Waals surface area contributed by atoms with Gasteiger partial charge in [0.05, 0.1) is 6.54 Å². The smallest absolute Gasteiger partial charge is 0.131 e. The highest BCUT2D eigenvalue weighted by Crippen LogP contribution is 2.14. The summed E-state index contributed by atoms with van der Waals surface area (Å²) in [6.45, 7) is 7.19. The van der Waals surface area contributed by atoms with Crippen molar-refractivity contribution >= 4 is 11.3 Å². The molecular formula is C14H19N3S. The first kappa shape index (κ1) is 13.2. The Bertz CT molecular complexity index is 467. The molecule has 0 N–H and O–H groups in total. The maximum Gasteiger partial charge on any atom is 0.131 e. The topological polar surface area (TPSA) is 29.0 Å². The van der Waals surface area contributed by atoms with Gasteiger partial charge in [-0.25, -0.2) is 0 Å². The van der Waals surface area contributed by atoms with E-state index < -0.39 is 0 Å². The summed E-state index contributed by atoms with van der Waals surface area (Å²) in [7, 11) is 0. The van der Waals surface area contributed by atoms with Crippen molar-refractivity contribution in [1.82, 2.24) is 15.1 Å². The molecule has 0 fully saturated rings. The van der Waals surface area contributed by atoms with Gasteiger partial charge in [-0.1, -0.05) is 44.2 Å². The van der Waals surface area contributed by atoms with Crippen LogP contribution in [0.2, 0.25) is 0 Å². The lowest BCUT2D eigenvalue weighted by molar-refractivity contribution is 0.270. The van der Waals surface area contributed by atoms with Gasteiger partial charge in [0.25, 0.3) is 0 Å². The minimum absolute atomic E-state index is 0.892. The van der Waals surface area contributed by atoms with E-state index in [0.29, 0.717) is 0 Å². The standard InChI is InChI=1S/C14H19N3S/c1-3-13-15-16-14(18-13)11-17(4-2)10-12-8-6-5-7-9-12/h5-9H,3-4,10-11H2,1-2H3. The van der Waals surface area contributed by atoms with Crippen molar-refractivity contribution in [2.45, 2.75) is 33.4 Å². The molecule has 18 heavy (non-hydrogen) atoms. The second kappa shape index (κ2) is 6.61. The zero-order valence-corrected chi connectivity index (χ0v) is 11.8. The Morgan fingerprint density at radius 2 is 1.72 bits per heavy atom. The van der Waals surface area contributed by atoms with Crippen molar-refractivity contribution in [1.29, 1.82) is 0 Å². The maximum atomic E-state index is 4.24. The summed E-state index contributed by atoms with van der Waals surface area (Å²) in [5.41, 5.74) is 1.35. The molecule has 0 unspecified atom stereocenters. The van der Waals surface area contributed by atoms with Crippen LogP contribution in [0, 0.1) is 0 Å². The number of hydrogen-bond acceptors (Lipinski definition) is 4. The van der Waals surface area contributed by atoms with Crippen molar-refractivity contribution in [3.8, 4) is 0 Å². The normalized spacial score (nSPS) is 11.1. The summed E-state index contributed by atoms with van der Waals surface area (Å²) in [5, 5.41) is 10.7. The van der Waals surface area contributed by atoms with Gasteiger partial charge >= 0.3 is 0 Å². The highest BCUT2D eigenvalue weighted by Gasteiger charge is 2.08. The maximum absolute atomic E-state index is 4.24. The van der Waals surface area contributed by atoms with E-state index in [1.54, 1.807) is 11.3 Å². The molecule has 4 heteroatoms. The zero-order valence-electron chi connectivity index (χ0n) is 11.0. The second-order valence-corrected chi connectivity index (χ2v) is 5.38. The largest absolute Gasteiger partial charge is 0.293 e. The van der Waals surface area contributed by atoms with Crippen LogP contribution in [-0.2, 0) is 19.5 Å². The summed E-state index contributed by atoms with van der Waals surface area (Å²) < 4.78 is 0. The summed E-state index contributed by atoms with van der Waals surface area (Å²) in [6.07, 6.45) is 0.975. The monoisotopic (exact) mass is 261 g/mol. The molecule has 0 bridgehead atoms. The average Bonchev–Trinajstić information content (AvgIpc) is 2.87. The molecule has 1 heterocycles. The lowest BCUT2D eigenvalue weighted by Crippen LogP contribution is -2.22. The Kier molecular flexibility index (Phi) is 4.84. The Balaban J connectivity index is 1.97. The molecular weight excluding hydrogens is 242 g/mol. The number of aromatic nitrogens is 2. The number of rotatable bonds is 6. The van der Waals surface area contributed by atoms with E-state index in [-0.39, 0.29) is 0 Å². The molecule has 0 aliphatic heterocycles. The van der Waals surface area contributed by atoms with E-state index >= 15 is 0 Å². The fraction of sp³-hybridized carbons (Fsp3) is 0.429. The van der Waals surface area contributed by atoms with Crippen LogP contribution in [0.25, 0.3) is 0 Å². The van der Waals surface area contributed by atoms with Gasteiger partial charge in [-0.3, -0.25) is 4.90 Å². The van der Waals surface area contributed by atoms with Crippen LogP contribution in [0.15, 0.2) is 30.3 Å². The lowest BCUT2D eigenvalue weighted by Gasteiger charge is -2.18. The summed E-state index contributed by atoms with van der Waals surface area (Å²) in [5.74, 6) is 0. The van der Waals surface area contributed by atoms with E-state index in [9.17, 15) is 0 Å². The predicted molar refractivity (Wildman–Crippen MR) is 75.5 cm³/mol. The fourth-order valence-electron chi connectivity index (χ4n) is 1.81. The number of aryl methyl sites for hydroxylation is 1. The van der Waals surface area contributed by atoms with Gasteiger partial charge in [-0.2, -0.15) is 0 Å². The summed E-state index contributed by atoms with van der Waals surface area (Å²) in [4.78, 5) is 2.38. The molecule has 0 spiro atoms. The SMILES string of the molecule is CCc1nnc(CN(CC)Cc2ccccc2)s1. The molecule has 1 aromatic heterocycles. The third-order valence-electron chi connectivity index (χ3n) is 2.87. The quantitative estimate of drug-likeness (QED) is 0.800. The third-order valence-corrected chi connectivity index (χ3v) is 3.92. The summed E-state index contributed by atoms with van der Waals surface area (Å²) in [6, 6.07) is 10.6. The highest BCUT2D eigenvalue weighted by atomic mass is 32.1. The van der Waals surface area contributed by atoms with Gasteiger partial charge in [0.2, 0.25) is 0 Å². The Morgan fingerprint density at radius 3 is 2.33 bits per heavy atom. The van der Waals surface area contributed by atoms with Gasteiger partial charge in [0.15, 0.2) is 0 Å². The van der Waals surface area contributed by atoms with Crippen molar-refractivity contribution in [3.05, 3.63) is 45.9 Å². The van der Waals surface area contributed by atoms with Crippen molar-refractivity contribution < 1.29 is 0 Å². The highest BCUT2D eigenvalue weighted by molar-refractivity contribution is 7.11. The Morgan fingerprint density at radius 1 is 1.00 bits per heavy atom. The first-order valence-electron chi connectivity index (χ1n) is 6.39. The zero-order chi connectivity index (χ0) is 12.8. The van der Waals surface area contributed by atoms with Crippen LogP contribution in [-0.4, -0.2) is 21.6 Å². The van der Waals surface area contributed by atoms with E-state index in [0.717, 1.165) is 36.1 Å². The van der Waals surface area contributed by atoms with Gasteiger partial charge in [-0.05, 0) is 18.5 Å². The van der Waals surface area contributed by atoms with Crippen molar-refractivity contribution in [2.75, 3.05) is 6.54 Å². The minimum Gasteiger partial charge on any atom is -0.293 e. The van der Waals surface area contributed by atoms with Crippen LogP contribution >= 0.6 is 11.3 Å². The average molecular weight is 261 g/mol. The molecule has 2 rings (SSSR count). The minimum atomic E-state index is 0.892. The fourth-order valence-corrected chi connectivity index (χ4v) is 2.63. The molecule has 2 aromatic rings. The molecule has 96 valence electrons. The van der Waals surface area contributed by atoms with Crippen molar-refractivity contribution in [2.24, 2.45) is 0 Å².